The molecule has 2 aliphatic heterocycles. The molecule has 2 aliphatic rings. The van der Waals surface area contributed by atoms with Crippen LogP contribution in [0.5, 0.6) is 0 Å². The number of rotatable bonds is 4. The van der Waals surface area contributed by atoms with Crippen molar-refractivity contribution >= 4 is 30.7 Å². The number of ether oxygens (including phenoxy) is 1. The Morgan fingerprint density at radius 2 is 2.19 bits per heavy atom. The van der Waals surface area contributed by atoms with E-state index in [1.807, 2.05) is 33.8 Å². The van der Waals surface area contributed by atoms with E-state index in [1.54, 1.807) is 6.20 Å². The number of pyridine rings is 1. The summed E-state index contributed by atoms with van der Waals surface area (Å²) in [6.07, 6.45) is 3.75. The molecule has 148 valence electrons. The molecule has 1 N–H and O–H groups in total. The smallest absolute Gasteiger partial charge is 0.274 e. The second-order valence-electron chi connectivity index (χ2n) is 6.57. The summed E-state index contributed by atoms with van der Waals surface area (Å²) in [5, 5.41) is 7.78. The second-order valence-corrected chi connectivity index (χ2v) is 6.57. The Hall–Kier alpha value is -1.67. The number of hydrogen-bond acceptors (Lipinski definition) is 5. The van der Waals surface area contributed by atoms with Crippen LogP contribution in [0.15, 0.2) is 30.5 Å². The molecule has 1 unspecified atom stereocenters. The third-order valence-corrected chi connectivity index (χ3v) is 4.75. The summed E-state index contributed by atoms with van der Waals surface area (Å²) >= 11 is 0. The van der Waals surface area contributed by atoms with Gasteiger partial charge in [-0.15, -0.1) is 24.8 Å². The standard InChI is InChI=1S/C18H23N5O2.2ClH/c24-18(17-10-15-11-19-7-9-23(15)21-17)22-8-3-5-16(12-22)25-13-14-4-1-2-6-20-14;;/h1-2,4,6,10,16,19H,3,5,7-9,11-13H2;2*1H. The van der Waals surface area contributed by atoms with Gasteiger partial charge in [0.1, 0.15) is 0 Å². The number of carbonyl (C=O) groups excluding carboxylic acids is 1. The van der Waals surface area contributed by atoms with E-state index < -0.39 is 0 Å². The zero-order valence-electron chi connectivity index (χ0n) is 15.0. The molecule has 27 heavy (non-hydrogen) atoms. The Kier molecular flexibility index (Phi) is 8.04. The minimum Gasteiger partial charge on any atom is -0.370 e. The number of carbonyl (C=O) groups is 1. The van der Waals surface area contributed by atoms with Gasteiger partial charge in [-0.05, 0) is 31.0 Å². The van der Waals surface area contributed by atoms with Crippen LogP contribution in [0.1, 0.15) is 34.7 Å². The van der Waals surface area contributed by atoms with Crippen LogP contribution in [0.3, 0.4) is 0 Å². The molecule has 1 fully saturated rings. The number of hydrogen-bond donors (Lipinski definition) is 1. The summed E-state index contributed by atoms with van der Waals surface area (Å²) in [6, 6.07) is 7.71. The molecule has 1 atom stereocenters. The van der Waals surface area contributed by atoms with E-state index in [9.17, 15) is 4.79 Å². The van der Waals surface area contributed by atoms with Gasteiger partial charge < -0.3 is 15.0 Å². The second kappa shape index (κ2) is 10.0. The van der Waals surface area contributed by atoms with Gasteiger partial charge in [0.15, 0.2) is 5.69 Å². The van der Waals surface area contributed by atoms with Crippen LogP contribution in [-0.2, 0) is 24.4 Å². The van der Waals surface area contributed by atoms with Crippen molar-refractivity contribution in [2.75, 3.05) is 19.6 Å². The maximum atomic E-state index is 12.8. The molecule has 4 heterocycles. The Bertz CT molecular complexity index is 717. The third kappa shape index (κ3) is 5.19. The summed E-state index contributed by atoms with van der Waals surface area (Å²) in [5.41, 5.74) is 2.54. The number of nitrogens with zero attached hydrogens (tertiary/aromatic N) is 4. The number of aromatic nitrogens is 3. The molecule has 0 aromatic carbocycles. The Morgan fingerprint density at radius 3 is 2.96 bits per heavy atom. The van der Waals surface area contributed by atoms with Crippen LogP contribution in [0, 0.1) is 0 Å². The van der Waals surface area contributed by atoms with Crippen LogP contribution in [0.4, 0.5) is 0 Å². The van der Waals surface area contributed by atoms with Crippen LogP contribution in [0.25, 0.3) is 0 Å². The number of amides is 1. The van der Waals surface area contributed by atoms with Crippen LogP contribution in [-0.4, -0.2) is 51.3 Å². The van der Waals surface area contributed by atoms with Gasteiger partial charge >= 0.3 is 0 Å². The quantitative estimate of drug-likeness (QED) is 0.829. The van der Waals surface area contributed by atoms with Crippen molar-refractivity contribution < 1.29 is 9.53 Å². The van der Waals surface area contributed by atoms with Crippen LogP contribution < -0.4 is 5.32 Å². The van der Waals surface area contributed by atoms with E-state index in [2.05, 4.69) is 15.4 Å². The summed E-state index contributed by atoms with van der Waals surface area (Å²) in [4.78, 5) is 18.9. The lowest BCUT2D eigenvalue weighted by Gasteiger charge is -2.32. The lowest BCUT2D eigenvalue weighted by Crippen LogP contribution is -2.43. The van der Waals surface area contributed by atoms with Crippen LogP contribution >= 0.6 is 24.8 Å². The minimum atomic E-state index is 0. The topological polar surface area (TPSA) is 72.3 Å². The van der Waals surface area contributed by atoms with Gasteiger partial charge in [-0.1, -0.05) is 6.07 Å². The Morgan fingerprint density at radius 1 is 1.30 bits per heavy atom. The first kappa shape index (κ1) is 21.6. The Labute approximate surface area is 171 Å². The van der Waals surface area contributed by atoms with Crippen LogP contribution in [0.2, 0.25) is 0 Å². The predicted molar refractivity (Wildman–Crippen MR) is 106 cm³/mol. The van der Waals surface area contributed by atoms with E-state index in [0.717, 1.165) is 50.4 Å². The van der Waals surface area contributed by atoms with Gasteiger partial charge in [0, 0.05) is 32.4 Å². The maximum Gasteiger partial charge on any atom is 0.274 e. The van der Waals surface area contributed by atoms with Crippen molar-refractivity contribution in [3.8, 4) is 0 Å². The molecular weight excluding hydrogens is 389 g/mol. The van der Waals surface area contributed by atoms with Gasteiger partial charge in [-0.2, -0.15) is 5.10 Å². The van der Waals surface area contributed by atoms with E-state index >= 15 is 0 Å². The summed E-state index contributed by atoms with van der Waals surface area (Å²) in [5.74, 6) is 0.00744. The third-order valence-electron chi connectivity index (χ3n) is 4.75. The van der Waals surface area contributed by atoms with E-state index in [4.69, 9.17) is 4.74 Å². The van der Waals surface area contributed by atoms with Gasteiger partial charge in [0.2, 0.25) is 0 Å². The maximum absolute atomic E-state index is 12.8. The largest absolute Gasteiger partial charge is 0.370 e. The first-order chi connectivity index (χ1) is 12.3. The lowest BCUT2D eigenvalue weighted by atomic mass is 10.1. The molecule has 1 saturated heterocycles. The number of nitrogens with one attached hydrogen (secondary N) is 1. The molecule has 4 rings (SSSR count). The zero-order chi connectivity index (χ0) is 17.1. The highest BCUT2D eigenvalue weighted by Crippen LogP contribution is 2.18. The molecule has 1 amide bonds. The molecule has 0 bridgehead atoms. The molecular formula is C18H25Cl2N5O2. The van der Waals surface area contributed by atoms with Gasteiger partial charge in [-0.3, -0.25) is 14.5 Å². The minimum absolute atomic E-state index is 0. The normalized spacial score (nSPS) is 18.8. The SMILES string of the molecule is Cl.Cl.O=C(c1cc2n(n1)CCNC2)N1CCCC(OCc2ccccn2)C1. The highest BCUT2D eigenvalue weighted by molar-refractivity contribution is 5.92. The van der Waals surface area contributed by atoms with Gasteiger partial charge in [0.05, 0.1) is 30.6 Å². The predicted octanol–water partition coefficient (Wildman–Crippen LogP) is 2.05. The lowest BCUT2D eigenvalue weighted by molar-refractivity contribution is -0.00803. The average molecular weight is 414 g/mol. The zero-order valence-corrected chi connectivity index (χ0v) is 16.7. The van der Waals surface area contributed by atoms with E-state index in [0.29, 0.717) is 18.8 Å². The molecule has 7 nitrogen and oxygen atoms in total. The van der Waals surface area contributed by atoms with Crippen molar-refractivity contribution in [2.45, 2.75) is 38.6 Å². The fourth-order valence-corrected chi connectivity index (χ4v) is 3.40. The van der Waals surface area contributed by atoms with Crippen molar-refractivity contribution in [2.24, 2.45) is 0 Å². The Balaban J connectivity index is 0.00000131. The average Bonchev–Trinajstić information content (AvgIpc) is 3.11. The first-order valence-corrected chi connectivity index (χ1v) is 8.88. The fraction of sp³-hybridized carbons (Fsp3) is 0.500. The molecule has 2 aromatic rings. The molecule has 0 saturated carbocycles. The summed E-state index contributed by atoms with van der Waals surface area (Å²) in [7, 11) is 0. The fourth-order valence-electron chi connectivity index (χ4n) is 3.40. The monoisotopic (exact) mass is 413 g/mol. The molecule has 9 heteroatoms. The van der Waals surface area contributed by atoms with Crippen molar-refractivity contribution in [3.63, 3.8) is 0 Å². The summed E-state index contributed by atoms with van der Waals surface area (Å²) in [6.45, 7) is 4.36. The van der Waals surface area contributed by atoms with Crippen molar-refractivity contribution in [1.82, 2.24) is 25.0 Å². The first-order valence-electron chi connectivity index (χ1n) is 8.88. The van der Waals surface area contributed by atoms with Gasteiger partial charge in [-0.25, -0.2) is 0 Å². The van der Waals surface area contributed by atoms with Crippen molar-refractivity contribution in [3.05, 3.63) is 47.5 Å². The number of halogens is 2. The molecule has 0 spiro atoms. The number of likely N-dealkylation sites (tertiary alicyclic amines) is 1. The van der Waals surface area contributed by atoms with Gasteiger partial charge in [0.25, 0.3) is 5.91 Å². The summed E-state index contributed by atoms with van der Waals surface area (Å²) < 4.78 is 7.91. The number of piperidine rings is 1. The molecule has 0 radical (unpaired) electrons. The molecule has 0 aliphatic carbocycles. The highest BCUT2D eigenvalue weighted by atomic mass is 35.5. The molecule has 2 aromatic heterocycles. The number of fused-ring (bicyclic) bond motifs is 1. The highest BCUT2D eigenvalue weighted by Gasteiger charge is 2.27. The van der Waals surface area contributed by atoms with Crippen molar-refractivity contribution in [1.29, 1.82) is 0 Å². The van der Waals surface area contributed by atoms with E-state index in [-0.39, 0.29) is 36.8 Å². The van der Waals surface area contributed by atoms with E-state index in [1.165, 1.54) is 0 Å².